The molecule has 0 bridgehead atoms. The molecule has 0 atom stereocenters. The highest BCUT2D eigenvalue weighted by atomic mass is 35.5. The van der Waals surface area contributed by atoms with Gasteiger partial charge in [-0.1, -0.05) is 11.6 Å². The fourth-order valence-electron chi connectivity index (χ4n) is 1.34. The summed E-state index contributed by atoms with van der Waals surface area (Å²) in [6.07, 6.45) is 2.70. The number of hydrogen-bond donors (Lipinski definition) is 0. The lowest BCUT2D eigenvalue weighted by atomic mass is 10.3. The Hall–Kier alpha value is -1.55. The minimum Gasteiger partial charge on any atom is -0.465 e. The Balaban J connectivity index is 2.61. The lowest BCUT2D eigenvalue weighted by molar-refractivity contribution is 0.0601. The fourth-order valence-corrected chi connectivity index (χ4v) is 1.50. The van der Waals surface area contributed by atoms with Gasteiger partial charge in [0.05, 0.1) is 17.7 Å². The maximum atomic E-state index is 13.1. The lowest BCUT2D eigenvalue weighted by Crippen LogP contribution is -1.98. The number of nitrogens with zero attached hydrogens (tertiary/aromatic N) is 1. The summed E-state index contributed by atoms with van der Waals surface area (Å²) in [5.74, 6) is -0.994. The number of halogens is 2. The molecule has 2 heterocycles. The van der Waals surface area contributed by atoms with E-state index < -0.39 is 11.8 Å². The minimum absolute atomic E-state index is 0.0250. The van der Waals surface area contributed by atoms with E-state index >= 15 is 0 Å². The van der Waals surface area contributed by atoms with Crippen LogP contribution >= 0.6 is 11.6 Å². The molecular weight excluding hydrogens is 221 g/mol. The maximum Gasteiger partial charge on any atom is 0.339 e. The van der Waals surface area contributed by atoms with E-state index in [1.54, 1.807) is 6.07 Å². The summed E-state index contributed by atoms with van der Waals surface area (Å²) < 4.78 is 19.1. The van der Waals surface area contributed by atoms with Crippen LogP contribution in [0.5, 0.6) is 0 Å². The third-order valence-electron chi connectivity index (χ3n) is 2.06. The van der Waals surface area contributed by atoms with Gasteiger partial charge in [-0.3, -0.25) is 0 Å². The van der Waals surface area contributed by atoms with Crippen molar-refractivity contribution in [2.45, 2.75) is 0 Å². The Morgan fingerprint density at radius 3 is 2.87 bits per heavy atom. The van der Waals surface area contributed by atoms with Gasteiger partial charge in [0.2, 0.25) is 0 Å². The van der Waals surface area contributed by atoms with Crippen molar-refractivity contribution in [3.8, 4) is 0 Å². The van der Waals surface area contributed by atoms with Gasteiger partial charge in [-0.2, -0.15) is 0 Å². The van der Waals surface area contributed by atoms with E-state index in [0.717, 1.165) is 0 Å². The molecule has 0 fully saturated rings. The molecule has 3 nitrogen and oxygen atoms in total. The number of esters is 1. The average molecular weight is 228 g/mol. The van der Waals surface area contributed by atoms with Gasteiger partial charge in [0, 0.05) is 17.9 Å². The molecule has 2 aromatic rings. The molecule has 0 aromatic carbocycles. The highest BCUT2D eigenvalue weighted by Crippen LogP contribution is 2.19. The number of pyridine rings is 1. The van der Waals surface area contributed by atoms with Crippen LogP contribution in [0.15, 0.2) is 24.5 Å². The molecule has 0 aliphatic heterocycles. The van der Waals surface area contributed by atoms with Crippen LogP contribution in [0.2, 0.25) is 5.02 Å². The number of hydrogen-bond acceptors (Lipinski definition) is 2. The summed E-state index contributed by atoms with van der Waals surface area (Å²) in [4.78, 5) is 11.2. The minimum atomic E-state index is -0.531. The van der Waals surface area contributed by atoms with Crippen LogP contribution in [0.3, 0.4) is 0 Å². The largest absolute Gasteiger partial charge is 0.465 e. The summed E-state index contributed by atoms with van der Waals surface area (Å²) in [5, 5.41) is 0.0250. The van der Waals surface area contributed by atoms with E-state index in [2.05, 4.69) is 4.74 Å². The van der Waals surface area contributed by atoms with Gasteiger partial charge in [-0.25, -0.2) is 9.18 Å². The van der Waals surface area contributed by atoms with Gasteiger partial charge in [-0.05, 0) is 12.1 Å². The van der Waals surface area contributed by atoms with E-state index in [4.69, 9.17) is 11.6 Å². The van der Waals surface area contributed by atoms with Crippen molar-refractivity contribution in [1.82, 2.24) is 4.40 Å². The van der Waals surface area contributed by atoms with Crippen LogP contribution in [0.4, 0.5) is 4.39 Å². The molecule has 0 saturated heterocycles. The highest BCUT2D eigenvalue weighted by molar-refractivity contribution is 6.31. The molecule has 15 heavy (non-hydrogen) atoms. The number of carbonyl (C=O) groups is 1. The molecule has 0 saturated carbocycles. The van der Waals surface area contributed by atoms with E-state index in [9.17, 15) is 9.18 Å². The van der Waals surface area contributed by atoms with E-state index in [-0.39, 0.29) is 5.02 Å². The predicted octanol–water partition coefficient (Wildman–Crippen LogP) is 2.52. The summed E-state index contributed by atoms with van der Waals surface area (Å²) in [5.41, 5.74) is 1.00. The van der Waals surface area contributed by atoms with Crippen LogP contribution in [-0.4, -0.2) is 17.5 Å². The monoisotopic (exact) mass is 227 g/mol. The van der Waals surface area contributed by atoms with Crippen molar-refractivity contribution in [2.75, 3.05) is 7.11 Å². The molecule has 0 spiro atoms. The first-order valence-electron chi connectivity index (χ1n) is 4.17. The first-order chi connectivity index (χ1) is 7.11. The van der Waals surface area contributed by atoms with Crippen LogP contribution in [0, 0.1) is 5.82 Å². The second-order valence-electron chi connectivity index (χ2n) is 3.02. The number of fused-ring (bicyclic) bond motifs is 1. The summed E-state index contributed by atoms with van der Waals surface area (Å²) in [7, 11) is 1.29. The normalized spacial score (nSPS) is 10.6. The predicted molar refractivity (Wildman–Crippen MR) is 53.7 cm³/mol. The average Bonchev–Trinajstić information content (AvgIpc) is 2.60. The van der Waals surface area contributed by atoms with Crippen LogP contribution in [-0.2, 0) is 4.74 Å². The van der Waals surface area contributed by atoms with Gasteiger partial charge in [-0.15, -0.1) is 0 Å². The van der Waals surface area contributed by atoms with Crippen molar-refractivity contribution in [3.63, 3.8) is 0 Å². The Kier molecular flexibility index (Phi) is 2.36. The molecule has 0 aliphatic carbocycles. The molecule has 0 radical (unpaired) electrons. The third kappa shape index (κ3) is 1.68. The van der Waals surface area contributed by atoms with Gasteiger partial charge >= 0.3 is 5.97 Å². The molecule has 0 N–H and O–H groups in total. The second kappa shape index (κ2) is 3.55. The zero-order valence-corrected chi connectivity index (χ0v) is 8.58. The van der Waals surface area contributed by atoms with Gasteiger partial charge in [0.25, 0.3) is 0 Å². The zero-order valence-electron chi connectivity index (χ0n) is 7.83. The quantitative estimate of drug-likeness (QED) is 0.701. The summed E-state index contributed by atoms with van der Waals surface area (Å²) in [6.45, 7) is 0. The molecule has 0 aliphatic rings. The SMILES string of the molecule is COC(=O)c1cc2cc(Cl)c(F)cn2c1. The number of rotatable bonds is 1. The summed E-state index contributed by atoms with van der Waals surface area (Å²) in [6, 6.07) is 3.03. The van der Waals surface area contributed by atoms with Gasteiger partial charge in [0.1, 0.15) is 0 Å². The van der Waals surface area contributed by atoms with Crippen molar-refractivity contribution in [3.05, 3.63) is 40.9 Å². The smallest absolute Gasteiger partial charge is 0.339 e. The topological polar surface area (TPSA) is 30.7 Å². The highest BCUT2D eigenvalue weighted by Gasteiger charge is 2.10. The lowest BCUT2D eigenvalue weighted by Gasteiger charge is -1.96. The Morgan fingerprint density at radius 1 is 1.47 bits per heavy atom. The number of methoxy groups -OCH3 is 1. The fraction of sp³-hybridized carbons (Fsp3) is 0.100. The number of carbonyl (C=O) groups excluding carboxylic acids is 1. The standard InChI is InChI=1S/C10H7ClFNO2/c1-15-10(14)6-2-7-3-8(11)9(12)5-13(7)4-6/h2-5H,1H3. The van der Waals surface area contributed by atoms with Crippen molar-refractivity contribution >= 4 is 23.1 Å². The Bertz CT molecular complexity index is 496. The van der Waals surface area contributed by atoms with E-state index in [0.29, 0.717) is 11.1 Å². The zero-order chi connectivity index (χ0) is 11.0. The maximum absolute atomic E-state index is 13.1. The second-order valence-corrected chi connectivity index (χ2v) is 3.43. The Morgan fingerprint density at radius 2 is 2.20 bits per heavy atom. The number of ether oxygens (including phenoxy) is 1. The van der Waals surface area contributed by atoms with Crippen LogP contribution in [0.1, 0.15) is 10.4 Å². The van der Waals surface area contributed by atoms with Gasteiger partial charge in [0.15, 0.2) is 5.82 Å². The third-order valence-corrected chi connectivity index (χ3v) is 2.35. The Labute approximate surface area is 90.0 Å². The van der Waals surface area contributed by atoms with Crippen LogP contribution < -0.4 is 0 Å². The first kappa shape index (κ1) is 9.98. The molecule has 0 unspecified atom stereocenters. The number of aromatic nitrogens is 1. The van der Waals surface area contributed by atoms with E-state index in [1.807, 2.05) is 0 Å². The van der Waals surface area contributed by atoms with Crippen molar-refractivity contribution in [1.29, 1.82) is 0 Å². The van der Waals surface area contributed by atoms with Crippen molar-refractivity contribution < 1.29 is 13.9 Å². The molecular formula is C10H7ClFNO2. The molecule has 2 rings (SSSR count). The van der Waals surface area contributed by atoms with Crippen LogP contribution in [0.25, 0.3) is 5.52 Å². The molecule has 0 amide bonds. The van der Waals surface area contributed by atoms with Crippen molar-refractivity contribution in [2.24, 2.45) is 0 Å². The molecule has 5 heteroatoms. The molecule has 2 aromatic heterocycles. The van der Waals surface area contributed by atoms with E-state index in [1.165, 1.54) is 30.0 Å². The van der Waals surface area contributed by atoms with Gasteiger partial charge < -0.3 is 9.14 Å². The summed E-state index contributed by atoms with van der Waals surface area (Å²) >= 11 is 5.61. The first-order valence-corrected chi connectivity index (χ1v) is 4.54. The molecule has 78 valence electrons.